The number of hydrogen-bond acceptors (Lipinski definition) is 1. The lowest BCUT2D eigenvalue weighted by molar-refractivity contribution is 0.471. The van der Waals surface area contributed by atoms with Crippen LogP contribution in [0.25, 0.3) is 82.2 Å². The Morgan fingerprint density at radius 3 is 1.72 bits per heavy atom. The number of hydrogen-bond donors (Lipinski definition) is 0. The first-order chi connectivity index (χ1) is 28.2. The van der Waals surface area contributed by atoms with Gasteiger partial charge in [-0.05, 0) is 89.7 Å². The van der Waals surface area contributed by atoms with Gasteiger partial charge in [-0.1, -0.05) is 148 Å². The maximum atomic E-state index is 2.64. The Morgan fingerprint density at radius 1 is 0.439 bits per heavy atom. The van der Waals surface area contributed by atoms with Gasteiger partial charge in [0.05, 0.1) is 27.8 Å². The molecule has 3 heteroatoms. The summed E-state index contributed by atoms with van der Waals surface area (Å²) in [6.45, 7) is 4.65. The number of benzene rings is 8. The lowest BCUT2D eigenvalue weighted by Gasteiger charge is -2.28. The zero-order chi connectivity index (χ0) is 38.0. The molecule has 0 N–H and O–H groups in total. The van der Waals surface area contributed by atoms with Crippen LogP contribution >= 0.6 is 0 Å². The van der Waals surface area contributed by atoms with Crippen molar-refractivity contribution in [1.29, 1.82) is 0 Å². The molecule has 0 amide bonds. The summed E-state index contributed by atoms with van der Waals surface area (Å²) in [5.41, 5.74) is 14.5. The highest BCUT2D eigenvalue weighted by Gasteiger charge is 2.25. The molecule has 0 spiro atoms. The van der Waals surface area contributed by atoms with Gasteiger partial charge in [0, 0.05) is 55.3 Å². The maximum absolute atomic E-state index is 2.64. The fourth-order valence-electron chi connectivity index (χ4n) is 9.78. The molecular weight excluding hydrogens is 691 g/mol. The van der Waals surface area contributed by atoms with Gasteiger partial charge in [0.15, 0.2) is 0 Å². The van der Waals surface area contributed by atoms with Crippen LogP contribution in [0.5, 0.6) is 0 Å². The number of aromatic nitrogens is 2. The van der Waals surface area contributed by atoms with Crippen LogP contribution < -0.4 is 4.90 Å². The van der Waals surface area contributed by atoms with Crippen molar-refractivity contribution < 1.29 is 0 Å². The van der Waals surface area contributed by atoms with Gasteiger partial charge in [-0.3, -0.25) is 0 Å². The van der Waals surface area contributed by atoms with Gasteiger partial charge in [-0.2, -0.15) is 0 Å². The van der Waals surface area contributed by atoms with Gasteiger partial charge in [0.1, 0.15) is 0 Å². The second kappa shape index (κ2) is 13.4. The predicted octanol–water partition coefficient (Wildman–Crippen LogP) is 15.5. The van der Waals surface area contributed by atoms with E-state index in [9.17, 15) is 0 Å². The van der Waals surface area contributed by atoms with Crippen molar-refractivity contribution >= 4 is 77.0 Å². The minimum atomic E-state index is 0.407. The smallest absolute Gasteiger partial charge is 0.0621 e. The SMILES string of the molecule is CCCC(CC)n1c2ccccc2c2ccc(N(c3cc(-c4ccccc4)cc(-c4ccccc4)c3)c3cccc4c3c3cccc5c6ccccc6n4c53)cc21. The van der Waals surface area contributed by atoms with E-state index in [2.05, 4.69) is 210 Å². The average molecular weight is 734 g/mol. The van der Waals surface area contributed by atoms with Crippen LogP contribution in [-0.4, -0.2) is 8.97 Å². The molecule has 1 atom stereocenters. The number of anilines is 3. The van der Waals surface area contributed by atoms with Crippen molar-refractivity contribution in [3.8, 4) is 22.3 Å². The molecule has 3 heterocycles. The monoisotopic (exact) mass is 733 g/mol. The Bertz CT molecular complexity index is 3180. The molecule has 3 nitrogen and oxygen atoms in total. The minimum absolute atomic E-state index is 0.407. The average Bonchev–Trinajstić information content (AvgIpc) is 3.92. The van der Waals surface area contributed by atoms with Crippen LogP contribution in [0.1, 0.15) is 39.2 Å². The Labute approximate surface area is 333 Å². The normalized spacial score (nSPS) is 12.5. The van der Waals surface area contributed by atoms with Crippen molar-refractivity contribution in [3.63, 3.8) is 0 Å². The number of nitrogens with zero attached hydrogens (tertiary/aromatic N) is 3. The van der Waals surface area contributed by atoms with Crippen LogP contribution in [0, 0.1) is 0 Å². The third-order valence-corrected chi connectivity index (χ3v) is 12.3. The van der Waals surface area contributed by atoms with E-state index in [1.165, 1.54) is 87.8 Å². The summed E-state index contributed by atoms with van der Waals surface area (Å²) in [7, 11) is 0. The molecule has 11 aromatic rings. The fourth-order valence-corrected chi connectivity index (χ4v) is 9.78. The molecule has 0 aliphatic rings. The lowest BCUT2D eigenvalue weighted by atomic mass is 9.97. The van der Waals surface area contributed by atoms with E-state index in [0.29, 0.717) is 6.04 Å². The quantitative estimate of drug-likeness (QED) is 0.144. The highest BCUT2D eigenvalue weighted by molar-refractivity contribution is 6.26. The summed E-state index contributed by atoms with van der Waals surface area (Å²) >= 11 is 0. The van der Waals surface area contributed by atoms with E-state index >= 15 is 0 Å². The molecule has 0 aliphatic heterocycles. The van der Waals surface area contributed by atoms with Gasteiger partial charge in [0.2, 0.25) is 0 Å². The number of rotatable bonds is 9. The number of fused-ring (bicyclic) bond motifs is 9. The molecule has 0 fully saturated rings. The van der Waals surface area contributed by atoms with E-state index in [4.69, 9.17) is 0 Å². The van der Waals surface area contributed by atoms with Crippen LogP contribution in [-0.2, 0) is 0 Å². The fraction of sp³-hybridized carbons (Fsp3) is 0.111. The molecule has 1 unspecified atom stereocenters. The summed E-state index contributed by atoms with van der Waals surface area (Å²) in [5.74, 6) is 0. The van der Waals surface area contributed by atoms with E-state index in [1.54, 1.807) is 0 Å². The third kappa shape index (κ3) is 5.19. The largest absolute Gasteiger partial charge is 0.337 e. The summed E-state index contributed by atoms with van der Waals surface area (Å²) in [6.07, 6.45) is 3.36. The molecule has 11 rings (SSSR count). The maximum Gasteiger partial charge on any atom is 0.0621 e. The topological polar surface area (TPSA) is 12.6 Å². The third-order valence-electron chi connectivity index (χ3n) is 12.3. The predicted molar refractivity (Wildman–Crippen MR) is 244 cm³/mol. The number of para-hydroxylation sites is 3. The Hall–Kier alpha value is -6.84. The highest BCUT2D eigenvalue weighted by Crippen LogP contribution is 2.48. The van der Waals surface area contributed by atoms with E-state index < -0.39 is 0 Å². The van der Waals surface area contributed by atoms with E-state index in [-0.39, 0.29) is 0 Å². The van der Waals surface area contributed by atoms with Gasteiger partial charge >= 0.3 is 0 Å². The zero-order valence-corrected chi connectivity index (χ0v) is 32.4. The summed E-state index contributed by atoms with van der Waals surface area (Å²) in [5, 5.41) is 7.73. The molecule has 0 saturated heterocycles. The van der Waals surface area contributed by atoms with Gasteiger partial charge < -0.3 is 13.9 Å². The van der Waals surface area contributed by atoms with Crippen molar-refractivity contribution in [3.05, 3.63) is 182 Å². The van der Waals surface area contributed by atoms with Crippen LogP contribution in [0.2, 0.25) is 0 Å². The Morgan fingerprint density at radius 2 is 1.02 bits per heavy atom. The Balaban J connectivity index is 1.26. The van der Waals surface area contributed by atoms with Crippen LogP contribution in [0.3, 0.4) is 0 Å². The second-order valence-electron chi connectivity index (χ2n) is 15.5. The van der Waals surface area contributed by atoms with Crippen molar-refractivity contribution in [2.75, 3.05) is 4.90 Å². The van der Waals surface area contributed by atoms with Crippen LogP contribution in [0.15, 0.2) is 182 Å². The molecule has 0 bridgehead atoms. The molecule has 57 heavy (non-hydrogen) atoms. The molecule has 0 radical (unpaired) electrons. The standard InChI is InChI=1S/C54H43N3/c1-3-17-40(4-2)56-48-26-13-11-22-43(48)45-31-30-41(35-52(45)56)55(42-33-38(36-18-7-5-8-19-36)32-39(34-42)37-20-9-6-10-21-37)50-28-16-29-51-53(50)47-25-15-24-46-44-23-12-14-27-49(44)57(51)54(46)47/h5-16,18-35,40H,3-4,17H2,1-2H3. The summed E-state index contributed by atoms with van der Waals surface area (Å²) in [6, 6.07) is 67.9. The summed E-state index contributed by atoms with van der Waals surface area (Å²) in [4.78, 5) is 2.54. The lowest BCUT2D eigenvalue weighted by Crippen LogP contribution is -2.12. The van der Waals surface area contributed by atoms with Gasteiger partial charge in [0.25, 0.3) is 0 Å². The second-order valence-corrected chi connectivity index (χ2v) is 15.5. The first-order valence-corrected chi connectivity index (χ1v) is 20.5. The molecule has 274 valence electrons. The van der Waals surface area contributed by atoms with Gasteiger partial charge in [-0.15, -0.1) is 0 Å². The van der Waals surface area contributed by atoms with Crippen molar-refractivity contribution in [2.45, 2.75) is 39.2 Å². The van der Waals surface area contributed by atoms with E-state index in [0.717, 1.165) is 30.6 Å². The molecule has 8 aromatic carbocycles. The molecule has 0 aliphatic carbocycles. The van der Waals surface area contributed by atoms with Crippen molar-refractivity contribution in [2.24, 2.45) is 0 Å². The molecule has 3 aromatic heterocycles. The zero-order valence-electron chi connectivity index (χ0n) is 32.4. The first kappa shape index (κ1) is 33.5. The van der Waals surface area contributed by atoms with Crippen molar-refractivity contribution in [1.82, 2.24) is 8.97 Å². The van der Waals surface area contributed by atoms with Gasteiger partial charge in [-0.25, -0.2) is 0 Å². The Kier molecular flexibility index (Phi) is 7.89. The van der Waals surface area contributed by atoms with Crippen LogP contribution in [0.4, 0.5) is 17.1 Å². The minimum Gasteiger partial charge on any atom is -0.337 e. The molecular formula is C54H43N3. The molecule has 0 saturated carbocycles. The highest BCUT2D eigenvalue weighted by atomic mass is 15.2. The van der Waals surface area contributed by atoms with E-state index in [1.807, 2.05) is 0 Å². The first-order valence-electron chi connectivity index (χ1n) is 20.5. The summed E-state index contributed by atoms with van der Waals surface area (Å²) < 4.78 is 5.13.